The van der Waals surface area contributed by atoms with E-state index in [4.69, 9.17) is 23.6 Å². The van der Waals surface area contributed by atoms with Crippen LogP contribution >= 0.6 is 36.0 Å². The third-order valence-corrected chi connectivity index (χ3v) is 5.81. The largest absolute Gasteiger partial charge is 0.294 e. The fourth-order valence-electron chi connectivity index (χ4n) is 2.95. The summed E-state index contributed by atoms with van der Waals surface area (Å²) in [6, 6.07) is 12.7. The lowest BCUT2D eigenvalue weighted by Crippen LogP contribution is -2.48. The second kappa shape index (κ2) is 10.6. The van der Waals surface area contributed by atoms with Crippen LogP contribution in [0.2, 0.25) is 0 Å². The molecular formula is C22H26Cl3N3O4. The van der Waals surface area contributed by atoms with Crippen LogP contribution in [-0.4, -0.2) is 31.2 Å². The van der Waals surface area contributed by atoms with Gasteiger partial charge in [-0.25, -0.2) is 0 Å². The van der Waals surface area contributed by atoms with Crippen molar-refractivity contribution < 1.29 is 14.5 Å². The average Bonchev–Trinajstić information content (AvgIpc) is 2.71. The first-order valence-electron chi connectivity index (χ1n) is 9.59. The Morgan fingerprint density at radius 2 is 1.50 bits per heavy atom. The molecule has 32 heavy (non-hydrogen) atoms. The maximum Gasteiger partial charge on any atom is 0.291 e. The van der Waals surface area contributed by atoms with Crippen molar-refractivity contribution in [2.24, 2.45) is 0 Å². The molecule has 0 aromatic heterocycles. The number of carbonyl (C=O) groups excluding carboxylic acids is 2. The minimum atomic E-state index is -1.07. The van der Waals surface area contributed by atoms with Gasteiger partial charge in [0.2, 0.25) is 0 Å². The Morgan fingerprint density at radius 1 is 0.969 bits per heavy atom. The molecule has 2 aromatic carbocycles. The van der Waals surface area contributed by atoms with Gasteiger partial charge in [0.1, 0.15) is 5.56 Å². The molecule has 0 spiro atoms. The number of ketones is 1. The highest BCUT2D eigenvalue weighted by Gasteiger charge is 2.37. The first kappa shape index (κ1) is 27.8. The predicted octanol–water partition coefficient (Wildman–Crippen LogP) is 6.33. The maximum absolute atomic E-state index is 12.8. The Hall–Kier alpha value is -2.19. The molecule has 0 bridgehead atoms. The van der Waals surface area contributed by atoms with Gasteiger partial charge in [-0.2, -0.15) is 4.53 Å². The Bertz CT molecular complexity index is 989. The molecule has 0 aliphatic carbocycles. The number of para-hydroxylation sites is 1. The van der Waals surface area contributed by atoms with Crippen LogP contribution in [0.15, 0.2) is 48.5 Å². The molecular weight excluding hydrogens is 477 g/mol. The normalized spacial score (nSPS) is 11.6. The van der Waals surface area contributed by atoms with Crippen LogP contribution in [0.3, 0.4) is 0 Å². The molecule has 1 amide bonds. The molecule has 2 rings (SSSR count). The number of halogens is 3. The highest BCUT2D eigenvalue weighted by molar-refractivity contribution is 6.27. The number of nitrogens with zero attached hydrogens (tertiary/aromatic N) is 3. The summed E-state index contributed by atoms with van der Waals surface area (Å²) in [5.41, 5.74) is -0.0963. The van der Waals surface area contributed by atoms with Crippen LogP contribution in [-0.2, 0) is 5.41 Å². The molecule has 0 N–H and O–H groups in total. The highest BCUT2D eigenvalue weighted by Crippen LogP contribution is 2.30. The van der Waals surface area contributed by atoms with Gasteiger partial charge in [0.15, 0.2) is 5.78 Å². The number of amides is 1. The summed E-state index contributed by atoms with van der Waals surface area (Å²) in [4.78, 5) is 36.1. The molecule has 0 unspecified atom stereocenters. The summed E-state index contributed by atoms with van der Waals surface area (Å²) in [7, 11) is 0. The van der Waals surface area contributed by atoms with Gasteiger partial charge in [0.25, 0.3) is 11.6 Å². The van der Waals surface area contributed by atoms with Gasteiger partial charge in [-0.05, 0) is 30.9 Å². The van der Waals surface area contributed by atoms with E-state index in [1.54, 1.807) is 26.0 Å². The number of nitro benzene ring substituents is 1. The quantitative estimate of drug-likeness (QED) is 0.191. The topological polar surface area (TPSA) is 83.8 Å². The number of hydrazine groups is 1. The van der Waals surface area contributed by atoms with Crippen molar-refractivity contribution in [3.63, 3.8) is 0 Å². The lowest BCUT2D eigenvalue weighted by Gasteiger charge is -2.35. The molecule has 7 nitrogen and oxygen atoms in total. The summed E-state index contributed by atoms with van der Waals surface area (Å²) in [6.07, 6.45) is -0.0429. The van der Waals surface area contributed by atoms with Crippen molar-refractivity contribution in [3.8, 4) is 0 Å². The number of Topliss-reactive ketones (excluding diaryl/α,β-unsaturated/α-hetero) is 1. The number of carbonyl (C=O) groups is 2. The zero-order valence-electron chi connectivity index (χ0n) is 18.5. The molecule has 0 aliphatic rings. The van der Waals surface area contributed by atoms with E-state index < -0.39 is 22.1 Å². The summed E-state index contributed by atoms with van der Waals surface area (Å²) < 4.78 is 1.44. The molecule has 0 atom stereocenters. The van der Waals surface area contributed by atoms with Crippen LogP contribution in [0.25, 0.3) is 0 Å². The van der Waals surface area contributed by atoms with Gasteiger partial charge in [-0.1, -0.05) is 57.2 Å². The summed E-state index contributed by atoms with van der Waals surface area (Å²) >= 11 is 12.4. The van der Waals surface area contributed by atoms with Crippen LogP contribution in [0.4, 0.5) is 5.69 Å². The van der Waals surface area contributed by atoms with Crippen LogP contribution in [0, 0.1) is 10.1 Å². The first-order chi connectivity index (χ1) is 14.3. The molecule has 2 aromatic rings. The monoisotopic (exact) mass is 501 g/mol. The summed E-state index contributed by atoms with van der Waals surface area (Å²) in [5.74, 6) is -1.06. The number of hydrogen-bond acceptors (Lipinski definition) is 5. The van der Waals surface area contributed by atoms with E-state index in [1.165, 1.54) is 24.3 Å². The van der Waals surface area contributed by atoms with E-state index in [1.807, 2.05) is 12.1 Å². The van der Waals surface area contributed by atoms with E-state index in [0.717, 1.165) is 10.1 Å². The van der Waals surface area contributed by atoms with E-state index >= 15 is 0 Å². The standard InChI is InChI=1S/C22H25Cl2N3O4.ClH/c1-21(2,3)16-12-10-15(11-13-16)19(28)14-22(4,5)27(24)25(23)20(29)17-8-6-7-9-18(17)26(30)31;/h6-13H,14H2,1-5H3;1H. The SMILES string of the molecule is CC(C)(C)c1ccc(C(=O)CC(C)(C)N(Cl)N(Cl)C(=O)c2ccccc2[N+](=O)[O-])cc1.Cl. The van der Waals surface area contributed by atoms with Crippen LogP contribution in [0.1, 0.15) is 67.3 Å². The summed E-state index contributed by atoms with van der Waals surface area (Å²) in [5, 5.41) is 11.2. The average molecular weight is 503 g/mol. The highest BCUT2D eigenvalue weighted by atomic mass is 35.5. The minimum absolute atomic E-state index is 0. The first-order valence-corrected chi connectivity index (χ1v) is 10.3. The fraction of sp³-hybridized carbons (Fsp3) is 0.364. The third kappa shape index (κ3) is 6.42. The van der Waals surface area contributed by atoms with Crippen molar-refractivity contribution in [1.82, 2.24) is 9.06 Å². The molecule has 0 heterocycles. The van der Waals surface area contributed by atoms with Gasteiger partial charge in [-0.3, -0.25) is 19.7 Å². The van der Waals surface area contributed by atoms with Crippen molar-refractivity contribution in [1.29, 1.82) is 0 Å². The zero-order chi connectivity index (χ0) is 23.6. The molecule has 0 saturated carbocycles. The van der Waals surface area contributed by atoms with E-state index in [2.05, 4.69) is 20.8 Å². The maximum atomic E-state index is 12.8. The lowest BCUT2D eigenvalue weighted by atomic mass is 9.86. The molecule has 0 radical (unpaired) electrons. The number of hydrogen-bond donors (Lipinski definition) is 0. The van der Waals surface area contributed by atoms with Crippen molar-refractivity contribution in [3.05, 3.63) is 75.3 Å². The second-order valence-corrected chi connectivity index (χ2v) is 9.48. The number of benzene rings is 2. The van der Waals surface area contributed by atoms with E-state index in [0.29, 0.717) is 10.1 Å². The fourth-order valence-corrected chi connectivity index (χ4v) is 3.37. The lowest BCUT2D eigenvalue weighted by molar-refractivity contribution is -0.385. The Balaban J connectivity index is 0.00000512. The van der Waals surface area contributed by atoms with Gasteiger partial charge in [0.05, 0.1) is 10.5 Å². The Morgan fingerprint density at radius 3 is 2.00 bits per heavy atom. The molecule has 174 valence electrons. The van der Waals surface area contributed by atoms with E-state index in [-0.39, 0.29) is 35.6 Å². The number of rotatable bonds is 7. The summed E-state index contributed by atoms with van der Waals surface area (Å²) in [6.45, 7) is 9.54. The van der Waals surface area contributed by atoms with Crippen molar-refractivity contribution >= 4 is 53.3 Å². The number of nitro groups is 1. The van der Waals surface area contributed by atoms with E-state index in [9.17, 15) is 19.7 Å². The molecule has 0 fully saturated rings. The molecule has 10 heteroatoms. The Labute approximate surface area is 204 Å². The Kier molecular flexibility index (Phi) is 9.24. The van der Waals surface area contributed by atoms with Crippen molar-refractivity contribution in [2.75, 3.05) is 0 Å². The van der Waals surface area contributed by atoms with Crippen LogP contribution < -0.4 is 0 Å². The van der Waals surface area contributed by atoms with Crippen molar-refractivity contribution in [2.45, 2.75) is 52.0 Å². The molecule has 0 saturated heterocycles. The second-order valence-electron chi connectivity index (χ2n) is 8.84. The van der Waals surface area contributed by atoms with Gasteiger partial charge < -0.3 is 0 Å². The zero-order valence-corrected chi connectivity index (χ0v) is 20.8. The van der Waals surface area contributed by atoms with Gasteiger partial charge in [-0.15, -0.1) is 16.9 Å². The van der Waals surface area contributed by atoms with Gasteiger partial charge in [0, 0.05) is 41.6 Å². The molecule has 0 aliphatic heterocycles. The van der Waals surface area contributed by atoms with Crippen LogP contribution in [0.5, 0.6) is 0 Å². The predicted molar refractivity (Wildman–Crippen MR) is 128 cm³/mol. The third-order valence-electron chi connectivity index (χ3n) is 4.82. The smallest absolute Gasteiger partial charge is 0.291 e. The van der Waals surface area contributed by atoms with Gasteiger partial charge >= 0.3 is 0 Å². The minimum Gasteiger partial charge on any atom is -0.294 e.